The predicted molar refractivity (Wildman–Crippen MR) is 48.0 cm³/mol. The number of unbranched alkanes of at least 4 members (excludes halogenated alkanes) is 3. The first-order chi connectivity index (χ1) is 5.68. The van der Waals surface area contributed by atoms with E-state index in [4.69, 9.17) is 9.46 Å². The summed E-state index contributed by atoms with van der Waals surface area (Å²) in [6, 6.07) is 0. The zero-order chi connectivity index (χ0) is 9.82. The third-order valence-electron chi connectivity index (χ3n) is 1.49. The molecule has 1 N–H and O–H groups in total. The molecule has 0 saturated heterocycles. The Balaban J connectivity index is 0. The Bertz CT molecular complexity index is 89.1. The number of rotatable bonds is 5. The molecule has 0 aromatic rings. The quantitative estimate of drug-likeness (QED) is 0.621. The first-order valence-electron chi connectivity index (χ1n) is 4.36. The van der Waals surface area contributed by atoms with Crippen LogP contribution in [0.2, 0.25) is 1.57 Å². The first kappa shape index (κ1) is 15.9. The molecule has 0 aromatic carbocycles. The van der Waals surface area contributed by atoms with Crippen molar-refractivity contribution in [3.8, 4) is 0 Å². The second-order valence-corrected chi connectivity index (χ2v) is 6.16. The largest absolute Gasteiger partial charge is 0.324 e. The molecule has 0 fully saturated rings. The van der Waals surface area contributed by atoms with Gasteiger partial charge in [-0.05, 0) is 0 Å². The molecule has 2 nitrogen and oxygen atoms in total. The van der Waals surface area contributed by atoms with Crippen molar-refractivity contribution in [3.63, 3.8) is 0 Å². The Labute approximate surface area is 103 Å². The fourth-order valence-corrected chi connectivity index (χ4v) is 1.53. The van der Waals surface area contributed by atoms with E-state index in [2.05, 4.69) is 13.8 Å². The standard InChI is InChI=1S/C8H17.Nd.HO2P/c1-3-5-7-8-6-4-2;;1-3-2/h3H,4-8H2,1-2H3;;(H,1,2). The van der Waals surface area contributed by atoms with Crippen LogP contribution in [0.1, 0.15) is 46.0 Å². The van der Waals surface area contributed by atoms with Crippen LogP contribution in [0.25, 0.3) is 0 Å². The van der Waals surface area contributed by atoms with Crippen LogP contribution < -0.4 is 0 Å². The SMILES string of the molecule is CCCCCC[CH](C)[Nd].O=PO. The van der Waals surface area contributed by atoms with Gasteiger partial charge in [0.2, 0.25) is 0 Å². The van der Waals surface area contributed by atoms with Crippen molar-refractivity contribution in [3.05, 3.63) is 0 Å². The molecular weight excluding hydrogens is 303 g/mol. The molecule has 0 aromatic heterocycles. The van der Waals surface area contributed by atoms with Gasteiger partial charge in [-0.1, -0.05) is 0 Å². The Kier molecular flexibility index (Phi) is 19.7. The van der Waals surface area contributed by atoms with Crippen LogP contribution in [0.3, 0.4) is 0 Å². The molecule has 0 heterocycles. The molecule has 0 rings (SSSR count). The summed E-state index contributed by atoms with van der Waals surface area (Å²) >= 11 is 1.39. The summed E-state index contributed by atoms with van der Waals surface area (Å²) in [5.41, 5.74) is 0. The molecular formula is C8H18NdO2P. The summed E-state index contributed by atoms with van der Waals surface area (Å²) in [6.07, 6.45) is 7.22. The summed E-state index contributed by atoms with van der Waals surface area (Å²) in [5.74, 6) is 0. The van der Waals surface area contributed by atoms with Crippen LogP contribution in [-0.2, 0) is 4.57 Å². The van der Waals surface area contributed by atoms with Gasteiger partial charge in [0.15, 0.2) is 0 Å². The van der Waals surface area contributed by atoms with E-state index < -0.39 is 8.69 Å². The van der Waals surface area contributed by atoms with Crippen LogP contribution >= 0.6 is 8.69 Å². The van der Waals surface area contributed by atoms with E-state index in [1.54, 1.807) is 0 Å². The van der Waals surface area contributed by atoms with E-state index in [-0.39, 0.29) is 0 Å². The smallest absolute Gasteiger partial charge is 0.310 e. The van der Waals surface area contributed by atoms with E-state index >= 15 is 0 Å². The van der Waals surface area contributed by atoms with Crippen molar-refractivity contribution in [2.45, 2.75) is 47.5 Å². The van der Waals surface area contributed by atoms with Gasteiger partial charge in [-0.3, -0.25) is 0 Å². The average molecular weight is 321 g/mol. The molecule has 0 bridgehead atoms. The van der Waals surface area contributed by atoms with Gasteiger partial charge in [0.1, 0.15) is 0 Å². The molecule has 0 radical (unpaired) electrons. The minimum absolute atomic E-state index is 0.833. The van der Waals surface area contributed by atoms with Gasteiger partial charge in [-0.2, -0.15) is 0 Å². The van der Waals surface area contributed by atoms with Crippen molar-refractivity contribution >= 4 is 8.69 Å². The maximum atomic E-state index is 8.46. The van der Waals surface area contributed by atoms with Gasteiger partial charge in [-0.25, -0.2) is 4.57 Å². The molecule has 0 saturated carbocycles. The van der Waals surface area contributed by atoms with Gasteiger partial charge in [0.25, 0.3) is 0 Å². The molecule has 0 amide bonds. The van der Waals surface area contributed by atoms with Crippen LogP contribution in [0, 0.1) is 38.8 Å². The molecule has 1 atom stereocenters. The van der Waals surface area contributed by atoms with E-state index in [0.29, 0.717) is 0 Å². The minimum atomic E-state index is -0.833. The zero-order valence-corrected chi connectivity index (χ0v) is 12.0. The second kappa shape index (κ2) is 14.9. The Hall–Kier alpha value is 1.41. The van der Waals surface area contributed by atoms with Crippen LogP contribution in [-0.4, -0.2) is 4.89 Å². The summed E-state index contributed by atoms with van der Waals surface area (Å²) < 4.78 is 9.50. The maximum Gasteiger partial charge on any atom is 0.324 e. The van der Waals surface area contributed by atoms with Crippen molar-refractivity contribution in [2.24, 2.45) is 0 Å². The van der Waals surface area contributed by atoms with Gasteiger partial charge in [0, 0.05) is 0 Å². The number of hydrogen-bond acceptors (Lipinski definition) is 1. The van der Waals surface area contributed by atoms with E-state index in [1.807, 2.05) is 0 Å². The van der Waals surface area contributed by atoms with Crippen molar-refractivity contribution < 1.29 is 48.2 Å². The molecule has 1 unspecified atom stereocenters. The van der Waals surface area contributed by atoms with E-state index in [0.717, 1.165) is 1.57 Å². The predicted octanol–water partition coefficient (Wildman–Crippen LogP) is 3.50. The maximum absolute atomic E-state index is 8.46. The molecule has 0 aliphatic rings. The molecule has 0 aliphatic carbocycles. The van der Waals surface area contributed by atoms with Gasteiger partial charge in [0.05, 0.1) is 0 Å². The van der Waals surface area contributed by atoms with Crippen LogP contribution in [0.5, 0.6) is 0 Å². The average Bonchev–Trinajstić information content (AvgIpc) is 1.99. The summed E-state index contributed by atoms with van der Waals surface area (Å²) in [6.45, 7) is 4.63. The fraction of sp³-hybridized carbons (Fsp3) is 1.00. The van der Waals surface area contributed by atoms with Crippen LogP contribution in [0.15, 0.2) is 0 Å². The monoisotopic (exact) mass is 319 g/mol. The normalized spacial score (nSPS) is 11.8. The zero-order valence-electron chi connectivity index (χ0n) is 7.92. The van der Waals surface area contributed by atoms with Crippen molar-refractivity contribution in [1.82, 2.24) is 0 Å². The summed E-state index contributed by atoms with van der Waals surface area (Å²) in [5, 5.41) is 0. The van der Waals surface area contributed by atoms with Crippen molar-refractivity contribution in [2.75, 3.05) is 0 Å². The number of hydrogen-bond donors (Lipinski definition) is 1. The van der Waals surface area contributed by atoms with E-state index in [1.165, 1.54) is 70.9 Å². The Morgan fingerprint density at radius 3 is 2.25 bits per heavy atom. The molecule has 4 heteroatoms. The van der Waals surface area contributed by atoms with Gasteiger partial charge < -0.3 is 4.89 Å². The van der Waals surface area contributed by atoms with Crippen LogP contribution in [0.4, 0.5) is 0 Å². The third-order valence-corrected chi connectivity index (χ3v) is 2.42. The molecule has 71 valence electrons. The van der Waals surface area contributed by atoms with E-state index in [9.17, 15) is 0 Å². The Morgan fingerprint density at radius 2 is 1.92 bits per heavy atom. The van der Waals surface area contributed by atoms with Gasteiger partial charge in [-0.15, -0.1) is 0 Å². The Morgan fingerprint density at radius 1 is 1.42 bits per heavy atom. The first-order valence-corrected chi connectivity index (χ1v) is 6.98. The van der Waals surface area contributed by atoms with Crippen molar-refractivity contribution in [1.29, 1.82) is 0 Å². The molecule has 0 aliphatic heterocycles. The molecule has 0 spiro atoms. The third kappa shape index (κ3) is 22.5. The fourth-order valence-electron chi connectivity index (χ4n) is 0.877. The minimum Gasteiger partial charge on any atom is -0.310 e. The molecule has 12 heavy (non-hydrogen) atoms. The summed E-state index contributed by atoms with van der Waals surface area (Å²) in [7, 11) is -0.833. The topological polar surface area (TPSA) is 37.3 Å². The summed E-state index contributed by atoms with van der Waals surface area (Å²) in [4.78, 5) is 6.99. The second-order valence-electron chi connectivity index (χ2n) is 2.83. The van der Waals surface area contributed by atoms with Gasteiger partial charge >= 0.3 is 95.0 Å².